The van der Waals surface area contributed by atoms with Crippen molar-refractivity contribution in [2.45, 2.75) is 13.5 Å². The van der Waals surface area contributed by atoms with Gasteiger partial charge in [0.15, 0.2) is 15.8 Å². The lowest BCUT2D eigenvalue weighted by molar-refractivity contribution is -0.123. The maximum absolute atomic E-state index is 13.0. The summed E-state index contributed by atoms with van der Waals surface area (Å²) in [5.41, 5.74) is 5.58. The van der Waals surface area contributed by atoms with E-state index in [1.54, 1.807) is 30.3 Å². The number of carbonyl (C=O) groups excluding carboxylic acids is 2. The molecule has 184 valence electrons. The summed E-state index contributed by atoms with van der Waals surface area (Å²) in [5, 5.41) is 1.70. The highest BCUT2D eigenvalue weighted by Gasteiger charge is 2.34. The molecule has 0 radical (unpaired) electrons. The van der Waals surface area contributed by atoms with Gasteiger partial charge in [-0.25, -0.2) is 0 Å². The Balaban J connectivity index is 1.51. The van der Waals surface area contributed by atoms with Gasteiger partial charge in [0.25, 0.3) is 11.8 Å². The summed E-state index contributed by atoms with van der Waals surface area (Å²) in [4.78, 5) is 25.9. The normalized spacial score (nSPS) is 14.3. The van der Waals surface area contributed by atoms with Crippen LogP contribution in [-0.2, 0) is 11.4 Å². The van der Waals surface area contributed by atoms with E-state index in [1.165, 1.54) is 7.11 Å². The van der Waals surface area contributed by atoms with E-state index in [-0.39, 0.29) is 10.9 Å². The molecule has 1 N–H and O–H groups in total. The van der Waals surface area contributed by atoms with Crippen molar-refractivity contribution in [2.75, 3.05) is 7.11 Å². The van der Waals surface area contributed by atoms with E-state index in [1.807, 2.05) is 43.3 Å². The van der Waals surface area contributed by atoms with Gasteiger partial charge in [0.1, 0.15) is 6.61 Å². The van der Waals surface area contributed by atoms with Crippen molar-refractivity contribution in [1.82, 2.24) is 10.4 Å². The summed E-state index contributed by atoms with van der Waals surface area (Å²) in [6.07, 6.45) is 1.68. The number of thiocarbonyl (C=S) groups is 1. The number of aryl methyl sites for hydroxylation is 1. The zero-order valence-corrected chi connectivity index (χ0v) is 23.2. The smallest absolute Gasteiger partial charge is 0.285 e. The number of nitrogens with one attached hydrogen (secondary N) is 1. The Labute approximate surface area is 231 Å². The maximum Gasteiger partial charge on any atom is 0.285 e. The molecule has 1 heterocycles. The van der Waals surface area contributed by atoms with Gasteiger partial charge < -0.3 is 9.47 Å². The number of hydrogen-bond donors (Lipinski definition) is 1. The van der Waals surface area contributed by atoms with Crippen molar-refractivity contribution in [1.29, 1.82) is 0 Å². The number of thioether (sulfide) groups is 1. The largest absolute Gasteiger partial charge is 0.493 e. The molecule has 1 saturated heterocycles. The molecule has 0 saturated carbocycles. The summed E-state index contributed by atoms with van der Waals surface area (Å²) in [7, 11) is 1.54. The number of amides is 2. The number of halogens is 2. The highest BCUT2D eigenvalue weighted by Crippen LogP contribution is 2.39. The Bertz CT molecular complexity index is 1380. The molecule has 3 aromatic carbocycles. The molecule has 0 spiro atoms. The first-order chi connectivity index (χ1) is 17.3. The Morgan fingerprint density at radius 1 is 1.19 bits per heavy atom. The molecule has 0 aromatic heterocycles. The predicted molar refractivity (Wildman–Crippen MR) is 150 cm³/mol. The van der Waals surface area contributed by atoms with Crippen LogP contribution >= 0.6 is 51.5 Å². The van der Waals surface area contributed by atoms with E-state index in [0.29, 0.717) is 37.0 Å². The van der Waals surface area contributed by atoms with Crippen LogP contribution in [0.25, 0.3) is 6.08 Å². The molecule has 0 unspecified atom stereocenters. The van der Waals surface area contributed by atoms with Crippen LogP contribution in [0.4, 0.5) is 0 Å². The summed E-state index contributed by atoms with van der Waals surface area (Å²) in [6, 6.07) is 18.0. The van der Waals surface area contributed by atoms with Crippen LogP contribution in [0, 0.1) is 6.92 Å². The molecule has 10 heteroatoms. The summed E-state index contributed by atoms with van der Waals surface area (Å²) in [6.45, 7) is 2.19. The molecule has 0 aliphatic carbocycles. The lowest BCUT2D eigenvalue weighted by Crippen LogP contribution is -2.44. The van der Waals surface area contributed by atoms with Crippen LogP contribution in [0.5, 0.6) is 11.5 Å². The Kier molecular flexibility index (Phi) is 8.35. The third-order valence-electron chi connectivity index (χ3n) is 5.20. The maximum atomic E-state index is 13.0. The third-order valence-corrected chi connectivity index (χ3v) is 7.46. The number of carbonyl (C=O) groups is 2. The van der Waals surface area contributed by atoms with Crippen LogP contribution in [0.3, 0.4) is 0 Å². The van der Waals surface area contributed by atoms with Crippen LogP contribution in [0.2, 0.25) is 5.02 Å². The first-order valence-corrected chi connectivity index (χ1v) is 13.1. The minimum Gasteiger partial charge on any atom is -0.493 e. The standard InChI is InChI=1S/C26H20BrClN2O4S2/c1-15-7-9-17(10-8-15)24(31)29-30-25(32)22(36-26(30)35)13-16-11-19(27)23(21(12-16)33-2)34-14-18-5-3-4-6-20(18)28/h3-13H,14H2,1-2H3,(H,29,31)/b22-13-. The van der Waals surface area contributed by atoms with E-state index < -0.39 is 11.8 Å². The number of nitrogens with zero attached hydrogens (tertiary/aromatic N) is 1. The number of benzene rings is 3. The van der Waals surface area contributed by atoms with Gasteiger partial charge in [-0.05, 0) is 77.0 Å². The monoisotopic (exact) mass is 602 g/mol. The molecule has 1 aliphatic heterocycles. The topological polar surface area (TPSA) is 67.9 Å². The van der Waals surface area contributed by atoms with E-state index in [2.05, 4.69) is 21.4 Å². The zero-order valence-electron chi connectivity index (χ0n) is 19.2. The van der Waals surface area contributed by atoms with Gasteiger partial charge in [-0.2, -0.15) is 5.01 Å². The molecule has 1 fully saturated rings. The van der Waals surface area contributed by atoms with Gasteiger partial charge in [-0.15, -0.1) is 0 Å². The van der Waals surface area contributed by atoms with Crippen molar-refractivity contribution in [2.24, 2.45) is 0 Å². The Hall–Kier alpha value is -2.85. The second kappa shape index (κ2) is 11.5. The number of hydrogen-bond acceptors (Lipinski definition) is 6. The predicted octanol–water partition coefficient (Wildman–Crippen LogP) is 6.54. The van der Waals surface area contributed by atoms with Crippen LogP contribution in [0.1, 0.15) is 27.0 Å². The number of rotatable bonds is 7. The van der Waals surface area contributed by atoms with Gasteiger partial charge in [0, 0.05) is 16.1 Å². The van der Waals surface area contributed by atoms with Crippen LogP contribution in [-0.4, -0.2) is 28.3 Å². The zero-order chi connectivity index (χ0) is 25.8. The fourth-order valence-electron chi connectivity index (χ4n) is 3.32. The summed E-state index contributed by atoms with van der Waals surface area (Å²) >= 11 is 16.2. The Morgan fingerprint density at radius 2 is 1.92 bits per heavy atom. The molecule has 0 atom stereocenters. The molecular formula is C26H20BrClN2O4S2. The fourth-order valence-corrected chi connectivity index (χ4v) is 5.26. The molecule has 36 heavy (non-hydrogen) atoms. The molecule has 3 aromatic rings. The van der Waals surface area contributed by atoms with Crippen molar-refractivity contribution in [3.8, 4) is 11.5 Å². The van der Waals surface area contributed by atoms with Gasteiger partial charge in [-0.3, -0.25) is 15.0 Å². The second-order valence-electron chi connectivity index (χ2n) is 7.74. The van der Waals surface area contributed by atoms with Gasteiger partial charge >= 0.3 is 0 Å². The van der Waals surface area contributed by atoms with Crippen molar-refractivity contribution in [3.05, 3.63) is 97.3 Å². The molecule has 4 rings (SSSR count). The summed E-state index contributed by atoms with van der Waals surface area (Å²) in [5.74, 6) is 0.148. The minimum atomic E-state index is -0.419. The summed E-state index contributed by atoms with van der Waals surface area (Å²) < 4.78 is 12.4. The van der Waals surface area contributed by atoms with Gasteiger partial charge in [0.05, 0.1) is 16.5 Å². The van der Waals surface area contributed by atoms with Crippen LogP contribution in [0.15, 0.2) is 70.0 Å². The van der Waals surface area contributed by atoms with Crippen molar-refractivity contribution in [3.63, 3.8) is 0 Å². The SMILES string of the molecule is COc1cc(/C=C2\SC(=S)N(NC(=O)c3ccc(C)cc3)C2=O)cc(Br)c1OCc1ccccc1Cl. The molecule has 2 amide bonds. The first kappa shape index (κ1) is 26.2. The van der Waals surface area contributed by atoms with Gasteiger partial charge in [-0.1, -0.05) is 59.3 Å². The van der Waals surface area contributed by atoms with Gasteiger partial charge in [0.2, 0.25) is 0 Å². The van der Waals surface area contributed by atoms with Crippen LogP contribution < -0.4 is 14.9 Å². The lowest BCUT2D eigenvalue weighted by Gasteiger charge is -2.15. The second-order valence-corrected chi connectivity index (χ2v) is 10.7. The third kappa shape index (κ3) is 5.92. The number of hydrazine groups is 1. The van der Waals surface area contributed by atoms with E-state index in [4.69, 9.17) is 33.3 Å². The molecule has 6 nitrogen and oxygen atoms in total. The number of ether oxygens (including phenoxy) is 2. The van der Waals surface area contributed by atoms with Crippen molar-refractivity contribution >= 4 is 73.7 Å². The van der Waals surface area contributed by atoms with E-state index >= 15 is 0 Å². The molecule has 0 bridgehead atoms. The highest BCUT2D eigenvalue weighted by atomic mass is 79.9. The first-order valence-electron chi connectivity index (χ1n) is 10.7. The molecule has 1 aliphatic rings. The highest BCUT2D eigenvalue weighted by molar-refractivity contribution is 9.10. The van der Waals surface area contributed by atoms with E-state index in [0.717, 1.165) is 27.9 Å². The average Bonchev–Trinajstić information content (AvgIpc) is 3.11. The minimum absolute atomic E-state index is 0.234. The Morgan fingerprint density at radius 3 is 2.61 bits per heavy atom. The quantitative estimate of drug-likeness (QED) is 0.244. The van der Waals surface area contributed by atoms with Crippen molar-refractivity contribution < 1.29 is 19.1 Å². The van der Waals surface area contributed by atoms with E-state index in [9.17, 15) is 9.59 Å². The molecular weight excluding hydrogens is 584 g/mol. The number of methoxy groups -OCH3 is 1. The lowest BCUT2D eigenvalue weighted by atomic mass is 10.1. The fraction of sp³-hybridized carbons (Fsp3) is 0.115. The average molecular weight is 604 g/mol.